The third-order valence-corrected chi connectivity index (χ3v) is 2.97. The number of benzene rings is 1. The van der Waals surface area contributed by atoms with Crippen molar-refractivity contribution in [1.82, 2.24) is 5.32 Å². The maximum absolute atomic E-state index is 10.9. The summed E-state index contributed by atoms with van der Waals surface area (Å²) >= 11 is 0. The fourth-order valence-electron chi connectivity index (χ4n) is 2.07. The molecule has 0 radical (unpaired) electrons. The lowest BCUT2D eigenvalue weighted by Gasteiger charge is -2.25. The van der Waals surface area contributed by atoms with E-state index in [2.05, 4.69) is 12.2 Å². The fourth-order valence-corrected chi connectivity index (χ4v) is 2.07. The molecular weight excluding hydrogens is 218 g/mol. The summed E-state index contributed by atoms with van der Waals surface area (Å²) in [6.45, 7) is 4.62. The average molecular weight is 235 g/mol. The monoisotopic (exact) mass is 235 g/mol. The Balaban J connectivity index is 2.12. The maximum Gasteiger partial charge on any atom is 0.335 e. The molecule has 0 aliphatic carbocycles. The van der Waals surface area contributed by atoms with Crippen LogP contribution in [0.15, 0.2) is 18.2 Å². The number of carboxylic acids is 1. The van der Waals surface area contributed by atoms with E-state index >= 15 is 0 Å². The molecule has 0 spiro atoms. The molecule has 1 atom stereocenters. The van der Waals surface area contributed by atoms with Gasteiger partial charge in [0.15, 0.2) is 0 Å². The quantitative estimate of drug-likeness (QED) is 0.831. The number of hydrogen-bond acceptors (Lipinski definition) is 3. The minimum atomic E-state index is -0.887. The standard InChI is InChI=1S/C13H17NO3/c1-2-14-7-9-5-11-6-10(13(15)16)3-4-12(11)17-8-9/h3-4,6,9,14H,2,5,7-8H2,1H3,(H,15,16). The van der Waals surface area contributed by atoms with E-state index in [9.17, 15) is 4.79 Å². The predicted octanol–water partition coefficient (Wildman–Crippen LogP) is 1.55. The molecule has 1 aliphatic rings. The lowest BCUT2D eigenvalue weighted by molar-refractivity contribution is 0.0696. The van der Waals surface area contributed by atoms with Crippen molar-refractivity contribution in [3.8, 4) is 5.75 Å². The highest BCUT2D eigenvalue weighted by Crippen LogP contribution is 2.28. The second kappa shape index (κ2) is 5.19. The van der Waals surface area contributed by atoms with E-state index in [1.54, 1.807) is 18.2 Å². The molecule has 1 unspecified atom stereocenters. The first-order valence-corrected chi connectivity index (χ1v) is 5.90. The molecule has 17 heavy (non-hydrogen) atoms. The minimum Gasteiger partial charge on any atom is -0.493 e. The number of carboxylic acid groups (broad SMARTS) is 1. The summed E-state index contributed by atoms with van der Waals surface area (Å²) in [5.41, 5.74) is 1.33. The summed E-state index contributed by atoms with van der Waals surface area (Å²) in [7, 11) is 0. The van der Waals surface area contributed by atoms with E-state index in [0.717, 1.165) is 30.8 Å². The molecule has 2 N–H and O–H groups in total. The summed E-state index contributed by atoms with van der Waals surface area (Å²) in [6, 6.07) is 5.06. The van der Waals surface area contributed by atoms with Gasteiger partial charge in [0.2, 0.25) is 0 Å². The molecule has 0 amide bonds. The van der Waals surface area contributed by atoms with Crippen LogP contribution in [-0.4, -0.2) is 30.8 Å². The van der Waals surface area contributed by atoms with Crippen LogP contribution >= 0.6 is 0 Å². The molecule has 0 bridgehead atoms. The summed E-state index contributed by atoms with van der Waals surface area (Å²) in [4.78, 5) is 10.9. The number of fused-ring (bicyclic) bond motifs is 1. The van der Waals surface area contributed by atoms with Crippen molar-refractivity contribution in [3.05, 3.63) is 29.3 Å². The first-order chi connectivity index (χ1) is 8.20. The molecule has 0 saturated heterocycles. The molecule has 0 fully saturated rings. The number of aromatic carboxylic acids is 1. The Labute approximate surface area is 101 Å². The number of carbonyl (C=O) groups is 1. The van der Waals surface area contributed by atoms with E-state index in [-0.39, 0.29) is 0 Å². The number of rotatable bonds is 4. The molecule has 1 heterocycles. The van der Waals surface area contributed by atoms with Crippen LogP contribution in [0.1, 0.15) is 22.8 Å². The van der Waals surface area contributed by atoms with Crippen LogP contribution in [0.5, 0.6) is 5.75 Å². The molecule has 0 aromatic heterocycles. The number of nitrogens with one attached hydrogen (secondary N) is 1. The van der Waals surface area contributed by atoms with Crippen LogP contribution in [0, 0.1) is 5.92 Å². The van der Waals surface area contributed by atoms with Gasteiger partial charge in [-0.3, -0.25) is 0 Å². The molecular formula is C13H17NO3. The lowest BCUT2D eigenvalue weighted by Crippen LogP contribution is -2.31. The number of hydrogen-bond donors (Lipinski definition) is 2. The van der Waals surface area contributed by atoms with Crippen LogP contribution in [0.4, 0.5) is 0 Å². The Morgan fingerprint density at radius 1 is 1.59 bits per heavy atom. The Hall–Kier alpha value is -1.55. The average Bonchev–Trinajstić information content (AvgIpc) is 2.35. The van der Waals surface area contributed by atoms with Gasteiger partial charge in [-0.1, -0.05) is 6.92 Å². The smallest absolute Gasteiger partial charge is 0.335 e. The molecule has 92 valence electrons. The topological polar surface area (TPSA) is 58.6 Å². The van der Waals surface area contributed by atoms with Gasteiger partial charge in [0.05, 0.1) is 12.2 Å². The van der Waals surface area contributed by atoms with Gasteiger partial charge in [0.25, 0.3) is 0 Å². The second-order valence-corrected chi connectivity index (χ2v) is 4.32. The van der Waals surface area contributed by atoms with Crippen LogP contribution in [-0.2, 0) is 6.42 Å². The van der Waals surface area contributed by atoms with Crippen molar-refractivity contribution >= 4 is 5.97 Å². The van der Waals surface area contributed by atoms with Crippen LogP contribution < -0.4 is 10.1 Å². The second-order valence-electron chi connectivity index (χ2n) is 4.32. The highest BCUT2D eigenvalue weighted by molar-refractivity contribution is 5.88. The van der Waals surface area contributed by atoms with Crippen molar-refractivity contribution < 1.29 is 14.6 Å². The predicted molar refractivity (Wildman–Crippen MR) is 64.6 cm³/mol. The van der Waals surface area contributed by atoms with Gasteiger partial charge in [-0.05, 0) is 36.7 Å². The first-order valence-electron chi connectivity index (χ1n) is 5.90. The fraction of sp³-hybridized carbons (Fsp3) is 0.462. The molecule has 0 saturated carbocycles. The van der Waals surface area contributed by atoms with Crippen LogP contribution in [0.2, 0.25) is 0 Å². The Morgan fingerprint density at radius 3 is 3.12 bits per heavy atom. The van der Waals surface area contributed by atoms with Crippen molar-refractivity contribution in [2.75, 3.05) is 19.7 Å². The zero-order valence-electron chi connectivity index (χ0n) is 9.90. The largest absolute Gasteiger partial charge is 0.493 e. The Bertz CT molecular complexity index is 417. The highest BCUT2D eigenvalue weighted by atomic mass is 16.5. The molecule has 1 aromatic carbocycles. The summed E-state index contributed by atoms with van der Waals surface area (Å²) in [5, 5.41) is 12.2. The van der Waals surface area contributed by atoms with Crippen LogP contribution in [0.25, 0.3) is 0 Å². The highest BCUT2D eigenvalue weighted by Gasteiger charge is 2.20. The van der Waals surface area contributed by atoms with Gasteiger partial charge in [-0.2, -0.15) is 0 Å². The Morgan fingerprint density at radius 2 is 2.41 bits per heavy atom. The lowest BCUT2D eigenvalue weighted by atomic mass is 9.95. The van der Waals surface area contributed by atoms with E-state index in [4.69, 9.17) is 9.84 Å². The first kappa shape index (κ1) is 11.9. The van der Waals surface area contributed by atoms with Gasteiger partial charge >= 0.3 is 5.97 Å². The maximum atomic E-state index is 10.9. The van der Waals surface area contributed by atoms with Crippen molar-refractivity contribution in [2.24, 2.45) is 5.92 Å². The summed E-state index contributed by atoms with van der Waals surface area (Å²) in [6.07, 6.45) is 0.878. The van der Waals surface area contributed by atoms with Crippen molar-refractivity contribution in [2.45, 2.75) is 13.3 Å². The van der Waals surface area contributed by atoms with E-state index < -0.39 is 5.97 Å². The molecule has 2 rings (SSSR count). The SMILES string of the molecule is CCNCC1COc2ccc(C(=O)O)cc2C1. The van der Waals surface area contributed by atoms with Crippen molar-refractivity contribution in [3.63, 3.8) is 0 Å². The normalized spacial score (nSPS) is 18.3. The minimum absolute atomic E-state index is 0.330. The summed E-state index contributed by atoms with van der Waals surface area (Å²) < 4.78 is 5.63. The zero-order valence-corrected chi connectivity index (χ0v) is 9.90. The number of ether oxygens (including phenoxy) is 1. The molecule has 4 nitrogen and oxygen atoms in total. The molecule has 1 aromatic rings. The van der Waals surface area contributed by atoms with E-state index in [1.165, 1.54) is 0 Å². The van der Waals surface area contributed by atoms with Crippen LogP contribution in [0.3, 0.4) is 0 Å². The van der Waals surface area contributed by atoms with E-state index in [1.807, 2.05) is 0 Å². The Kier molecular flexibility index (Phi) is 3.64. The van der Waals surface area contributed by atoms with Gasteiger partial charge in [0.1, 0.15) is 5.75 Å². The molecule has 1 aliphatic heterocycles. The van der Waals surface area contributed by atoms with Gasteiger partial charge in [-0.15, -0.1) is 0 Å². The van der Waals surface area contributed by atoms with Gasteiger partial charge in [0, 0.05) is 12.5 Å². The van der Waals surface area contributed by atoms with Gasteiger partial charge < -0.3 is 15.2 Å². The zero-order chi connectivity index (χ0) is 12.3. The van der Waals surface area contributed by atoms with Gasteiger partial charge in [-0.25, -0.2) is 4.79 Å². The molecule has 4 heteroatoms. The van der Waals surface area contributed by atoms with E-state index in [0.29, 0.717) is 18.1 Å². The third-order valence-electron chi connectivity index (χ3n) is 2.97. The summed E-state index contributed by atoms with van der Waals surface area (Å²) in [5.74, 6) is 0.357. The van der Waals surface area contributed by atoms with Crippen molar-refractivity contribution in [1.29, 1.82) is 0 Å². The third kappa shape index (κ3) is 2.77.